The zero-order valence-electron chi connectivity index (χ0n) is 8.11. The molecule has 0 N–H and O–H groups in total. The maximum Gasteiger partial charge on any atom is 0.355 e. The van der Waals surface area contributed by atoms with Crippen LogP contribution in [0.4, 0.5) is 0 Å². The molecule has 4 nitrogen and oxygen atoms in total. The van der Waals surface area contributed by atoms with Crippen molar-refractivity contribution in [2.45, 2.75) is 6.92 Å². The first-order chi connectivity index (χ1) is 7.22. The quantitative estimate of drug-likeness (QED) is 0.630. The second-order valence-electron chi connectivity index (χ2n) is 2.97. The van der Waals surface area contributed by atoms with E-state index in [1.165, 1.54) is 0 Å². The predicted octanol–water partition coefficient (Wildman–Crippen LogP) is 2.12. The summed E-state index contributed by atoms with van der Waals surface area (Å²) in [6.45, 7) is 2.16. The molecule has 0 saturated carbocycles. The summed E-state index contributed by atoms with van der Waals surface area (Å²) in [7, 11) is 0. The molecule has 0 aromatic carbocycles. The van der Waals surface area contributed by atoms with E-state index in [9.17, 15) is 4.79 Å². The molecule has 0 spiro atoms. The van der Waals surface area contributed by atoms with Crippen LogP contribution in [0.3, 0.4) is 0 Å². The van der Waals surface area contributed by atoms with Crippen LogP contribution in [-0.4, -0.2) is 22.0 Å². The van der Waals surface area contributed by atoms with Gasteiger partial charge < -0.3 is 4.74 Å². The van der Waals surface area contributed by atoms with E-state index >= 15 is 0 Å². The lowest BCUT2D eigenvalue weighted by Gasteiger charge is -2.05. The van der Waals surface area contributed by atoms with Gasteiger partial charge in [-0.1, -0.05) is 0 Å². The van der Waals surface area contributed by atoms with Crippen LogP contribution in [0.5, 0.6) is 0 Å². The van der Waals surface area contributed by atoms with E-state index in [2.05, 4.69) is 27.6 Å². The number of ether oxygens (including phenoxy) is 1. The summed E-state index contributed by atoms with van der Waals surface area (Å²) in [5.41, 5.74) is 1.40. The van der Waals surface area contributed by atoms with Gasteiger partial charge >= 0.3 is 5.97 Å². The second-order valence-corrected chi connectivity index (χ2v) is 4.21. The first-order valence-corrected chi connectivity index (χ1v) is 5.59. The van der Waals surface area contributed by atoms with Crippen LogP contribution in [0, 0.1) is 3.57 Å². The normalized spacial score (nSPS) is 10.5. The van der Waals surface area contributed by atoms with Gasteiger partial charge in [-0.05, 0) is 41.6 Å². The number of pyridine rings is 1. The van der Waals surface area contributed by atoms with Crippen molar-refractivity contribution >= 4 is 34.1 Å². The second kappa shape index (κ2) is 4.18. The minimum Gasteiger partial charge on any atom is -0.461 e. The molecule has 2 aromatic heterocycles. The number of imidazole rings is 1. The highest BCUT2D eigenvalue weighted by Gasteiger charge is 2.11. The molecular formula is C10H9IN2O2. The maximum absolute atomic E-state index is 11.6. The van der Waals surface area contributed by atoms with Gasteiger partial charge in [-0.2, -0.15) is 0 Å². The van der Waals surface area contributed by atoms with Gasteiger partial charge in [0, 0.05) is 3.57 Å². The van der Waals surface area contributed by atoms with Gasteiger partial charge in [0.05, 0.1) is 24.6 Å². The molecule has 0 unspecified atom stereocenters. The molecule has 0 bridgehead atoms. The lowest BCUT2D eigenvalue weighted by molar-refractivity contribution is 0.0517. The number of halogens is 1. The van der Waals surface area contributed by atoms with E-state index in [-0.39, 0.29) is 5.97 Å². The molecule has 0 aliphatic rings. The number of fused-ring (bicyclic) bond motifs is 1. The minimum atomic E-state index is -0.320. The average molecular weight is 316 g/mol. The third-order valence-electron chi connectivity index (χ3n) is 1.97. The van der Waals surface area contributed by atoms with Crippen molar-refractivity contribution in [3.05, 3.63) is 33.9 Å². The zero-order valence-corrected chi connectivity index (χ0v) is 10.3. The predicted molar refractivity (Wildman–Crippen MR) is 63.9 cm³/mol. The van der Waals surface area contributed by atoms with Crippen LogP contribution in [0.25, 0.3) is 5.52 Å². The maximum atomic E-state index is 11.6. The Hall–Kier alpha value is -1.11. The molecule has 0 fully saturated rings. The largest absolute Gasteiger partial charge is 0.461 e. The Bertz CT molecular complexity index is 507. The number of carbonyl (C=O) groups excluding carboxylic acids is 1. The van der Waals surface area contributed by atoms with Gasteiger partial charge in [-0.15, -0.1) is 0 Å². The van der Waals surface area contributed by atoms with Crippen LogP contribution in [0.2, 0.25) is 0 Å². The molecule has 5 heteroatoms. The van der Waals surface area contributed by atoms with Gasteiger partial charge in [0.1, 0.15) is 5.69 Å². The molecule has 0 amide bonds. The van der Waals surface area contributed by atoms with Crippen molar-refractivity contribution in [1.82, 2.24) is 9.38 Å². The van der Waals surface area contributed by atoms with Crippen molar-refractivity contribution in [2.75, 3.05) is 6.61 Å². The summed E-state index contributed by atoms with van der Waals surface area (Å²) in [6.07, 6.45) is 3.32. The van der Waals surface area contributed by atoms with E-state index < -0.39 is 0 Å². The van der Waals surface area contributed by atoms with Gasteiger partial charge in [-0.3, -0.25) is 4.40 Å². The number of hydrogen-bond acceptors (Lipinski definition) is 3. The SMILES string of the molecule is CCOC(=O)c1cc(I)cc2cncn12. The molecule has 0 saturated heterocycles. The molecule has 78 valence electrons. The lowest BCUT2D eigenvalue weighted by atomic mass is 10.3. The Morgan fingerprint density at radius 2 is 2.40 bits per heavy atom. The molecular weight excluding hydrogens is 307 g/mol. The van der Waals surface area contributed by atoms with Crippen LogP contribution in [0.1, 0.15) is 17.4 Å². The zero-order chi connectivity index (χ0) is 10.8. The Morgan fingerprint density at radius 1 is 1.60 bits per heavy atom. The number of aromatic nitrogens is 2. The molecule has 0 radical (unpaired) electrons. The molecule has 15 heavy (non-hydrogen) atoms. The third kappa shape index (κ3) is 1.97. The molecule has 2 rings (SSSR count). The molecule has 2 aromatic rings. The van der Waals surface area contributed by atoms with Gasteiger partial charge in [-0.25, -0.2) is 9.78 Å². The molecule has 0 atom stereocenters. The van der Waals surface area contributed by atoms with E-state index in [1.807, 2.05) is 6.07 Å². The fraction of sp³-hybridized carbons (Fsp3) is 0.200. The van der Waals surface area contributed by atoms with Gasteiger partial charge in [0.2, 0.25) is 0 Å². The van der Waals surface area contributed by atoms with Gasteiger partial charge in [0.25, 0.3) is 0 Å². The lowest BCUT2D eigenvalue weighted by Crippen LogP contribution is -2.10. The van der Waals surface area contributed by atoms with E-state index in [1.54, 1.807) is 29.9 Å². The van der Waals surface area contributed by atoms with Crippen molar-refractivity contribution in [1.29, 1.82) is 0 Å². The van der Waals surface area contributed by atoms with Gasteiger partial charge in [0.15, 0.2) is 0 Å². The van der Waals surface area contributed by atoms with Crippen molar-refractivity contribution in [3.63, 3.8) is 0 Å². The highest BCUT2D eigenvalue weighted by molar-refractivity contribution is 14.1. The molecule has 0 aliphatic heterocycles. The Balaban J connectivity index is 2.57. The van der Waals surface area contributed by atoms with E-state index in [0.717, 1.165) is 9.09 Å². The topological polar surface area (TPSA) is 43.6 Å². The first kappa shape index (κ1) is 10.4. The number of hydrogen-bond donors (Lipinski definition) is 0. The minimum absolute atomic E-state index is 0.320. The van der Waals surface area contributed by atoms with Crippen LogP contribution >= 0.6 is 22.6 Å². The summed E-state index contributed by atoms with van der Waals surface area (Å²) >= 11 is 2.16. The van der Waals surface area contributed by atoms with E-state index in [0.29, 0.717) is 12.3 Å². The molecule has 0 aliphatic carbocycles. The highest BCUT2D eigenvalue weighted by Crippen LogP contribution is 2.14. The Kier molecular flexibility index (Phi) is 2.90. The fourth-order valence-electron chi connectivity index (χ4n) is 1.36. The summed E-state index contributed by atoms with van der Waals surface area (Å²) < 4.78 is 7.68. The van der Waals surface area contributed by atoms with E-state index in [4.69, 9.17) is 4.74 Å². The first-order valence-electron chi connectivity index (χ1n) is 4.51. The van der Waals surface area contributed by atoms with Crippen molar-refractivity contribution in [3.8, 4) is 0 Å². The average Bonchev–Trinajstić information content (AvgIpc) is 2.64. The number of nitrogens with zero attached hydrogens (tertiary/aromatic N) is 2. The van der Waals surface area contributed by atoms with Crippen LogP contribution < -0.4 is 0 Å². The number of rotatable bonds is 2. The summed E-state index contributed by atoms with van der Waals surface area (Å²) in [5, 5.41) is 0. The van der Waals surface area contributed by atoms with Crippen molar-refractivity contribution < 1.29 is 9.53 Å². The highest BCUT2D eigenvalue weighted by atomic mass is 127. The Labute approximate surface area is 100 Å². The number of esters is 1. The van der Waals surface area contributed by atoms with Crippen LogP contribution in [0.15, 0.2) is 24.7 Å². The monoisotopic (exact) mass is 316 g/mol. The standard InChI is InChI=1S/C10H9IN2O2/c1-2-15-10(14)9-4-7(11)3-8-5-12-6-13(8)9/h3-6H,2H2,1H3. The summed E-state index contributed by atoms with van der Waals surface area (Å²) in [5.74, 6) is -0.320. The smallest absolute Gasteiger partial charge is 0.355 e. The van der Waals surface area contributed by atoms with Crippen LogP contribution in [-0.2, 0) is 4.74 Å². The summed E-state index contributed by atoms with van der Waals surface area (Å²) in [6, 6.07) is 3.74. The summed E-state index contributed by atoms with van der Waals surface area (Å²) in [4.78, 5) is 15.6. The van der Waals surface area contributed by atoms with Crippen molar-refractivity contribution in [2.24, 2.45) is 0 Å². The fourth-order valence-corrected chi connectivity index (χ4v) is 1.97. The number of carbonyl (C=O) groups is 1. The molecule has 2 heterocycles. The third-order valence-corrected chi connectivity index (χ3v) is 2.59. The Morgan fingerprint density at radius 3 is 3.13 bits per heavy atom.